The molecule has 0 bridgehead atoms. The van der Waals surface area contributed by atoms with E-state index in [-0.39, 0.29) is 0 Å². The zero-order valence-corrected chi connectivity index (χ0v) is 15.2. The lowest BCUT2D eigenvalue weighted by Gasteiger charge is -2.34. The predicted octanol–water partition coefficient (Wildman–Crippen LogP) is 2.08. The molecule has 3 heterocycles. The van der Waals surface area contributed by atoms with Gasteiger partial charge < -0.3 is 24.6 Å². The molecule has 0 unspecified atom stereocenters. The number of rotatable bonds is 4. The second kappa shape index (κ2) is 7.25. The van der Waals surface area contributed by atoms with Gasteiger partial charge in [0.05, 0.1) is 20.8 Å². The first-order valence-electron chi connectivity index (χ1n) is 8.90. The second-order valence-corrected chi connectivity index (χ2v) is 6.46. The number of piperazine rings is 1. The third kappa shape index (κ3) is 3.20. The van der Waals surface area contributed by atoms with Crippen LogP contribution < -0.4 is 14.8 Å². The van der Waals surface area contributed by atoms with Gasteiger partial charge in [-0.25, -0.2) is 4.99 Å². The molecule has 3 aliphatic rings. The third-order valence-electron chi connectivity index (χ3n) is 4.93. The first-order valence-corrected chi connectivity index (χ1v) is 8.90. The molecule has 0 aliphatic carbocycles. The van der Waals surface area contributed by atoms with Crippen molar-refractivity contribution >= 4 is 11.4 Å². The van der Waals surface area contributed by atoms with Crippen LogP contribution in [-0.2, 0) is 0 Å². The van der Waals surface area contributed by atoms with Crippen LogP contribution in [0.5, 0.6) is 11.5 Å². The first kappa shape index (κ1) is 16.7. The first-order chi connectivity index (χ1) is 12.8. The number of hydrogen-bond donors (Lipinski definition) is 1. The summed E-state index contributed by atoms with van der Waals surface area (Å²) in [6.45, 7) is 4.93. The molecule has 136 valence electrons. The standard InChI is InChI=1S/C20H24N4O2/c1-25-18-4-3-15(11-19(18)26-2)16-13-22-20-12-17(5-8-24(20)14-16)23-9-6-21-7-10-23/h3-5,8,11-13,21H,6-7,9-10,14H2,1-2H3. The maximum atomic E-state index is 5.42. The van der Waals surface area contributed by atoms with E-state index in [1.54, 1.807) is 14.2 Å². The van der Waals surface area contributed by atoms with Crippen LogP contribution in [0.4, 0.5) is 0 Å². The molecule has 1 N–H and O–H groups in total. The molecule has 1 aromatic carbocycles. The molecule has 0 saturated carbocycles. The summed E-state index contributed by atoms with van der Waals surface area (Å²) in [5.74, 6) is 2.46. The van der Waals surface area contributed by atoms with E-state index in [9.17, 15) is 0 Å². The van der Waals surface area contributed by atoms with Crippen LogP contribution in [0.2, 0.25) is 0 Å². The molecule has 0 amide bonds. The van der Waals surface area contributed by atoms with Crippen molar-refractivity contribution in [1.82, 2.24) is 15.1 Å². The van der Waals surface area contributed by atoms with Crippen molar-refractivity contribution < 1.29 is 9.47 Å². The van der Waals surface area contributed by atoms with Gasteiger partial charge in [0.1, 0.15) is 5.84 Å². The molecule has 3 aliphatic heterocycles. The summed E-state index contributed by atoms with van der Waals surface area (Å²) in [4.78, 5) is 9.27. The number of ether oxygens (including phenoxy) is 2. The SMILES string of the molecule is COc1ccc(C2=CN=C3C=C(N4CCNCC4)C=CN3C2)cc1OC. The van der Waals surface area contributed by atoms with Crippen LogP contribution >= 0.6 is 0 Å². The number of amidine groups is 1. The highest BCUT2D eigenvalue weighted by molar-refractivity contribution is 5.98. The highest BCUT2D eigenvalue weighted by Crippen LogP contribution is 2.32. The Balaban J connectivity index is 1.57. The molecule has 0 spiro atoms. The van der Waals surface area contributed by atoms with Gasteiger partial charge in [0.25, 0.3) is 0 Å². The van der Waals surface area contributed by atoms with Gasteiger partial charge in [-0.15, -0.1) is 0 Å². The minimum Gasteiger partial charge on any atom is -0.493 e. The Morgan fingerprint density at radius 1 is 1.08 bits per heavy atom. The normalized spacial score (nSPS) is 19.4. The van der Waals surface area contributed by atoms with Gasteiger partial charge in [-0.1, -0.05) is 6.07 Å². The fraction of sp³-hybridized carbons (Fsp3) is 0.350. The second-order valence-electron chi connectivity index (χ2n) is 6.46. The number of benzene rings is 1. The summed E-state index contributed by atoms with van der Waals surface area (Å²) in [5, 5.41) is 3.39. The number of nitrogens with zero attached hydrogens (tertiary/aromatic N) is 3. The topological polar surface area (TPSA) is 49.3 Å². The smallest absolute Gasteiger partial charge is 0.161 e. The van der Waals surface area contributed by atoms with Gasteiger partial charge in [0.15, 0.2) is 11.5 Å². The van der Waals surface area contributed by atoms with Crippen molar-refractivity contribution in [2.24, 2.45) is 4.99 Å². The number of aliphatic imine (C=N–C) groups is 1. The van der Waals surface area contributed by atoms with E-state index in [4.69, 9.17) is 14.5 Å². The Bertz CT molecular complexity index is 804. The molecule has 1 saturated heterocycles. The van der Waals surface area contributed by atoms with E-state index in [1.807, 2.05) is 24.4 Å². The highest BCUT2D eigenvalue weighted by Gasteiger charge is 2.21. The lowest BCUT2D eigenvalue weighted by Crippen LogP contribution is -2.43. The Morgan fingerprint density at radius 2 is 1.88 bits per heavy atom. The minimum atomic E-state index is 0.732. The minimum absolute atomic E-state index is 0.732. The molecule has 26 heavy (non-hydrogen) atoms. The van der Waals surface area contributed by atoms with Gasteiger partial charge in [-0.2, -0.15) is 0 Å². The van der Waals surface area contributed by atoms with Gasteiger partial charge in [0, 0.05) is 50.4 Å². The van der Waals surface area contributed by atoms with Crippen molar-refractivity contribution in [3.8, 4) is 11.5 Å². The number of allylic oxidation sites excluding steroid dienone is 1. The zero-order valence-electron chi connectivity index (χ0n) is 15.2. The summed E-state index contributed by atoms with van der Waals surface area (Å²) < 4.78 is 10.7. The van der Waals surface area contributed by atoms with Gasteiger partial charge in [-0.3, -0.25) is 0 Å². The van der Waals surface area contributed by atoms with E-state index in [0.717, 1.165) is 61.2 Å². The summed E-state index contributed by atoms with van der Waals surface area (Å²) >= 11 is 0. The molecule has 6 heteroatoms. The quantitative estimate of drug-likeness (QED) is 0.899. The summed E-state index contributed by atoms with van der Waals surface area (Å²) in [6.07, 6.45) is 8.44. The monoisotopic (exact) mass is 352 g/mol. The molecule has 0 radical (unpaired) electrons. The maximum Gasteiger partial charge on any atom is 0.161 e. The van der Waals surface area contributed by atoms with Gasteiger partial charge in [0.2, 0.25) is 0 Å². The maximum absolute atomic E-state index is 5.42. The Labute approximate surface area is 154 Å². The summed E-state index contributed by atoms with van der Waals surface area (Å²) in [6, 6.07) is 5.98. The molecule has 4 rings (SSSR count). The van der Waals surface area contributed by atoms with Crippen LogP contribution in [-0.4, -0.2) is 62.6 Å². The molecule has 1 fully saturated rings. The van der Waals surface area contributed by atoms with E-state index in [2.05, 4.69) is 33.5 Å². The van der Waals surface area contributed by atoms with Crippen molar-refractivity contribution in [2.75, 3.05) is 46.9 Å². The largest absolute Gasteiger partial charge is 0.493 e. The van der Waals surface area contributed by atoms with E-state index in [0.29, 0.717) is 0 Å². The number of methoxy groups -OCH3 is 2. The lowest BCUT2D eigenvalue weighted by atomic mass is 10.0. The molecular weight excluding hydrogens is 328 g/mol. The van der Waals surface area contributed by atoms with Crippen molar-refractivity contribution in [1.29, 1.82) is 0 Å². The number of fused-ring (bicyclic) bond motifs is 1. The molecule has 6 nitrogen and oxygen atoms in total. The highest BCUT2D eigenvalue weighted by atomic mass is 16.5. The fourth-order valence-corrected chi connectivity index (χ4v) is 3.44. The molecule has 0 aromatic heterocycles. The number of hydrogen-bond acceptors (Lipinski definition) is 6. The summed E-state index contributed by atoms with van der Waals surface area (Å²) in [5.41, 5.74) is 3.48. The van der Waals surface area contributed by atoms with Crippen LogP contribution in [0.25, 0.3) is 5.57 Å². The van der Waals surface area contributed by atoms with Crippen molar-refractivity contribution in [3.63, 3.8) is 0 Å². The fourth-order valence-electron chi connectivity index (χ4n) is 3.44. The average molecular weight is 352 g/mol. The number of nitrogens with one attached hydrogen (secondary N) is 1. The van der Waals surface area contributed by atoms with E-state index < -0.39 is 0 Å². The summed E-state index contributed by atoms with van der Waals surface area (Å²) in [7, 11) is 3.30. The average Bonchev–Trinajstić information content (AvgIpc) is 2.73. The zero-order chi connectivity index (χ0) is 17.9. The molecule has 0 atom stereocenters. The Morgan fingerprint density at radius 3 is 2.65 bits per heavy atom. The van der Waals surface area contributed by atoms with E-state index >= 15 is 0 Å². The van der Waals surface area contributed by atoms with Gasteiger partial charge in [-0.05, 0) is 29.3 Å². The Hall–Kier alpha value is -2.73. The third-order valence-corrected chi connectivity index (χ3v) is 4.93. The van der Waals surface area contributed by atoms with E-state index in [1.165, 1.54) is 5.70 Å². The molecule has 1 aromatic rings. The molecular formula is C20H24N4O2. The van der Waals surface area contributed by atoms with Gasteiger partial charge >= 0.3 is 0 Å². The van der Waals surface area contributed by atoms with Crippen LogP contribution in [0.3, 0.4) is 0 Å². The lowest BCUT2D eigenvalue weighted by molar-refractivity contribution is 0.306. The van der Waals surface area contributed by atoms with Crippen LogP contribution in [0.15, 0.2) is 53.4 Å². The predicted molar refractivity (Wildman–Crippen MR) is 103 cm³/mol. The Kier molecular flexibility index (Phi) is 4.67. The van der Waals surface area contributed by atoms with Crippen molar-refractivity contribution in [2.45, 2.75) is 0 Å². The van der Waals surface area contributed by atoms with Crippen LogP contribution in [0.1, 0.15) is 5.56 Å². The van der Waals surface area contributed by atoms with Crippen molar-refractivity contribution in [3.05, 3.63) is 54.0 Å². The van der Waals surface area contributed by atoms with Crippen LogP contribution in [0, 0.1) is 0 Å².